The average molecular weight is 251 g/mol. The van der Waals surface area contributed by atoms with Crippen molar-refractivity contribution in [2.75, 3.05) is 6.61 Å². The van der Waals surface area contributed by atoms with Crippen LogP contribution in [0, 0.1) is 0 Å². The van der Waals surface area contributed by atoms with E-state index < -0.39 is 0 Å². The maximum absolute atomic E-state index is 11.5. The number of esters is 1. The van der Waals surface area contributed by atoms with Crippen molar-refractivity contribution >= 4 is 5.97 Å². The van der Waals surface area contributed by atoms with Gasteiger partial charge in [-0.25, -0.2) is 4.98 Å². The Kier molecular flexibility index (Phi) is 4.75. The molecule has 0 atom stereocenters. The molecule has 5 nitrogen and oxygen atoms in total. The van der Waals surface area contributed by atoms with Crippen molar-refractivity contribution < 1.29 is 9.53 Å². The molecule has 1 saturated carbocycles. The Bertz CT molecular complexity index is 385. The summed E-state index contributed by atoms with van der Waals surface area (Å²) in [6, 6.07) is 0.675. The second-order valence-corrected chi connectivity index (χ2v) is 4.77. The standard InChI is InChI=1S/C13H21N3O2/c1-2-3-6-18-13(17)9-16-8-12(15-10-16)7-14-11-4-5-11/h8,10-11,14H,2-7,9H2,1H3. The van der Waals surface area contributed by atoms with Gasteiger partial charge in [-0.3, -0.25) is 4.79 Å². The largest absolute Gasteiger partial charge is 0.464 e. The third-order valence-corrected chi connectivity index (χ3v) is 2.91. The molecule has 0 unspecified atom stereocenters. The number of nitrogens with one attached hydrogen (secondary N) is 1. The number of aromatic nitrogens is 2. The van der Waals surface area contributed by atoms with Crippen molar-refractivity contribution in [3.63, 3.8) is 0 Å². The topological polar surface area (TPSA) is 56.2 Å². The highest BCUT2D eigenvalue weighted by Crippen LogP contribution is 2.18. The molecule has 1 aliphatic rings. The maximum Gasteiger partial charge on any atom is 0.325 e. The molecule has 1 fully saturated rings. The molecule has 100 valence electrons. The van der Waals surface area contributed by atoms with Gasteiger partial charge in [-0.15, -0.1) is 0 Å². The van der Waals surface area contributed by atoms with E-state index in [0.29, 0.717) is 12.6 Å². The monoisotopic (exact) mass is 251 g/mol. The van der Waals surface area contributed by atoms with Gasteiger partial charge >= 0.3 is 5.97 Å². The SMILES string of the molecule is CCCCOC(=O)Cn1cnc(CNC2CC2)c1. The number of hydrogen-bond acceptors (Lipinski definition) is 4. The van der Waals surface area contributed by atoms with Crippen molar-refractivity contribution in [3.8, 4) is 0 Å². The second-order valence-electron chi connectivity index (χ2n) is 4.77. The fourth-order valence-electron chi connectivity index (χ4n) is 1.65. The number of hydrogen-bond donors (Lipinski definition) is 1. The van der Waals surface area contributed by atoms with E-state index in [1.807, 2.05) is 6.20 Å². The van der Waals surface area contributed by atoms with Gasteiger partial charge < -0.3 is 14.6 Å². The number of unbranched alkanes of at least 4 members (excludes halogenated alkanes) is 1. The summed E-state index contributed by atoms with van der Waals surface area (Å²) in [6.45, 7) is 3.62. The second kappa shape index (κ2) is 6.54. The number of carbonyl (C=O) groups is 1. The van der Waals surface area contributed by atoms with Gasteiger partial charge in [0.05, 0.1) is 18.6 Å². The Morgan fingerprint density at radius 2 is 2.44 bits per heavy atom. The minimum atomic E-state index is -0.192. The fourth-order valence-corrected chi connectivity index (χ4v) is 1.65. The van der Waals surface area contributed by atoms with Gasteiger partial charge in [0, 0.05) is 18.8 Å². The first-order valence-corrected chi connectivity index (χ1v) is 6.67. The number of rotatable bonds is 8. The van der Waals surface area contributed by atoms with Crippen LogP contribution in [0.1, 0.15) is 38.3 Å². The van der Waals surface area contributed by atoms with Crippen molar-refractivity contribution in [3.05, 3.63) is 18.2 Å². The fraction of sp³-hybridized carbons (Fsp3) is 0.692. The van der Waals surface area contributed by atoms with Gasteiger partial charge in [0.25, 0.3) is 0 Å². The smallest absolute Gasteiger partial charge is 0.325 e. The van der Waals surface area contributed by atoms with Crippen LogP contribution in [0.2, 0.25) is 0 Å². The van der Waals surface area contributed by atoms with E-state index in [1.165, 1.54) is 12.8 Å². The van der Waals surface area contributed by atoms with Crippen LogP contribution in [0.15, 0.2) is 12.5 Å². The number of ether oxygens (including phenoxy) is 1. The van der Waals surface area contributed by atoms with Crippen LogP contribution in [0.5, 0.6) is 0 Å². The van der Waals surface area contributed by atoms with Gasteiger partial charge in [-0.1, -0.05) is 13.3 Å². The highest BCUT2D eigenvalue weighted by molar-refractivity contribution is 5.69. The van der Waals surface area contributed by atoms with Crippen LogP contribution in [0.4, 0.5) is 0 Å². The molecule has 0 radical (unpaired) electrons. The lowest BCUT2D eigenvalue weighted by Crippen LogP contribution is -2.15. The summed E-state index contributed by atoms with van der Waals surface area (Å²) in [5, 5.41) is 3.39. The lowest BCUT2D eigenvalue weighted by molar-refractivity contribution is -0.144. The molecule has 0 bridgehead atoms. The van der Waals surface area contributed by atoms with E-state index in [2.05, 4.69) is 17.2 Å². The highest BCUT2D eigenvalue weighted by atomic mass is 16.5. The molecule has 2 rings (SSSR count). The number of carbonyl (C=O) groups excluding carboxylic acids is 1. The van der Waals surface area contributed by atoms with Gasteiger partial charge in [-0.2, -0.15) is 0 Å². The first kappa shape index (κ1) is 13.1. The van der Waals surface area contributed by atoms with Gasteiger partial charge in [0.2, 0.25) is 0 Å². The molecule has 18 heavy (non-hydrogen) atoms. The van der Waals surface area contributed by atoms with Crippen LogP contribution in [0.3, 0.4) is 0 Å². The van der Waals surface area contributed by atoms with Gasteiger partial charge in [0.15, 0.2) is 0 Å². The molecular formula is C13H21N3O2. The van der Waals surface area contributed by atoms with Crippen LogP contribution in [-0.4, -0.2) is 28.2 Å². The van der Waals surface area contributed by atoms with E-state index in [-0.39, 0.29) is 12.5 Å². The van der Waals surface area contributed by atoms with Crippen molar-refractivity contribution in [2.24, 2.45) is 0 Å². The molecule has 0 aromatic carbocycles. The quantitative estimate of drug-likeness (QED) is 0.561. The van der Waals surface area contributed by atoms with Crippen LogP contribution >= 0.6 is 0 Å². The Morgan fingerprint density at radius 3 is 3.17 bits per heavy atom. The Morgan fingerprint density at radius 1 is 1.61 bits per heavy atom. The number of nitrogens with zero attached hydrogens (tertiary/aromatic N) is 2. The molecule has 0 aliphatic heterocycles. The first-order chi connectivity index (χ1) is 8.78. The third kappa shape index (κ3) is 4.49. The molecular weight excluding hydrogens is 230 g/mol. The van der Waals surface area contributed by atoms with Crippen LogP contribution < -0.4 is 5.32 Å². The molecule has 0 saturated heterocycles. The highest BCUT2D eigenvalue weighted by Gasteiger charge is 2.20. The summed E-state index contributed by atoms with van der Waals surface area (Å²) in [5.74, 6) is -0.192. The lowest BCUT2D eigenvalue weighted by Gasteiger charge is -2.04. The van der Waals surface area contributed by atoms with E-state index in [0.717, 1.165) is 25.1 Å². The summed E-state index contributed by atoms with van der Waals surface area (Å²) in [5.41, 5.74) is 0.975. The van der Waals surface area contributed by atoms with Crippen molar-refractivity contribution in [2.45, 2.75) is 51.7 Å². The normalized spacial score (nSPS) is 14.7. The molecule has 0 amide bonds. The summed E-state index contributed by atoms with van der Waals surface area (Å²) in [4.78, 5) is 15.7. The van der Waals surface area contributed by atoms with Crippen LogP contribution in [-0.2, 0) is 22.6 Å². The van der Waals surface area contributed by atoms with E-state index in [4.69, 9.17) is 4.74 Å². The zero-order chi connectivity index (χ0) is 12.8. The van der Waals surface area contributed by atoms with E-state index in [9.17, 15) is 4.79 Å². The minimum absolute atomic E-state index is 0.192. The minimum Gasteiger partial charge on any atom is -0.464 e. The molecule has 1 aromatic rings. The maximum atomic E-state index is 11.5. The summed E-state index contributed by atoms with van der Waals surface area (Å²) in [6.07, 6.45) is 8.08. The summed E-state index contributed by atoms with van der Waals surface area (Å²) in [7, 11) is 0. The summed E-state index contributed by atoms with van der Waals surface area (Å²) >= 11 is 0. The molecule has 1 N–H and O–H groups in total. The third-order valence-electron chi connectivity index (χ3n) is 2.91. The predicted molar refractivity (Wildman–Crippen MR) is 68.0 cm³/mol. The number of imidazole rings is 1. The Labute approximate surface area is 108 Å². The average Bonchev–Trinajstić information content (AvgIpc) is 3.08. The van der Waals surface area contributed by atoms with Crippen molar-refractivity contribution in [1.82, 2.24) is 14.9 Å². The zero-order valence-electron chi connectivity index (χ0n) is 10.9. The van der Waals surface area contributed by atoms with E-state index >= 15 is 0 Å². The Hall–Kier alpha value is -1.36. The van der Waals surface area contributed by atoms with Gasteiger partial charge in [-0.05, 0) is 19.3 Å². The molecule has 1 heterocycles. The van der Waals surface area contributed by atoms with E-state index in [1.54, 1.807) is 10.9 Å². The zero-order valence-corrected chi connectivity index (χ0v) is 10.9. The van der Waals surface area contributed by atoms with Crippen LogP contribution in [0.25, 0.3) is 0 Å². The molecule has 1 aromatic heterocycles. The first-order valence-electron chi connectivity index (χ1n) is 6.67. The molecule has 1 aliphatic carbocycles. The Balaban J connectivity index is 1.69. The molecule has 0 spiro atoms. The molecule has 5 heteroatoms. The van der Waals surface area contributed by atoms with Crippen molar-refractivity contribution in [1.29, 1.82) is 0 Å². The predicted octanol–water partition coefficient (Wildman–Crippen LogP) is 1.48. The summed E-state index contributed by atoms with van der Waals surface area (Å²) < 4.78 is 6.88. The lowest BCUT2D eigenvalue weighted by atomic mass is 10.4. The van der Waals surface area contributed by atoms with Gasteiger partial charge in [0.1, 0.15) is 6.54 Å².